The van der Waals surface area contributed by atoms with E-state index in [1.165, 1.54) is 7.05 Å². The van der Waals surface area contributed by atoms with E-state index in [1.807, 2.05) is 0 Å². The number of ether oxygens (including phenoxy) is 1. The SMILES string of the molecule is CNS(=O)(=O)c1ccc(-c2nnn(CC3CCOCC3)n2)cc1C. The quantitative estimate of drug-likeness (QED) is 0.862. The van der Waals surface area contributed by atoms with E-state index in [-0.39, 0.29) is 4.90 Å². The van der Waals surface area contributed by atoms with Gasteiger partial charge in [-0.1, -0.05) is 0 Å². The van der Waals surface area contributed by atoms with Crippen LogP contribution in [-0.4, -0.2) is 48.9 Å². The summed E-state index contributed by atoms with van der Waals surface area (Å²) in [7, 11) is -2.07. The molecule has 0 radical (unpaired) electrons. The van der Waals surface area contributed by atoms with E-state index in [0.717, 1.165) is 38.2 Å². The van der Waals surface area contributed by atoms with Crippen LogP contribution < -0.4 is 4.72 Å². The van der Waals surface area contributed by atoms with Crippen LogP contribution in [0.15, 0.2) is 23.1 Å². The number of hydrogen-bond donors (Lipinski definition) is 1. The minimum Gasteiger partial charge on any atom is -0.381 e. The van der Waals surface area contributed by atoms with Gasteiger partial charge in [-0.25, -0.2) is 13.1 Å². The molecule has 2 aromatic rings. The molecule has 1 saturated heterocycles. The summed E-state index contributed by atoms with van der Waals surface area (Å²) in [5, 5.41) is 12.6. The number of nitrogens with one attached hydrogen (secondary N) is 1. The Kier molecular flexibility index (Phi) is 4.93. The fraction of sp³-hybridized carbons (Fsp3) is 0.533. The zero-order valence-corrected chi connectivity index (χ0v) is 14.6. The van der Waals surface area contributed by atoms with Gasteiger partial charge < -0.3 is 4.74 Å². The van der Waals surface area contributed by atoms with E-state index in [4.69, 9.17) is 4.74 Å². The lowest BCUT2D eigenvalue weighted by Crippen LogP contribution is -2.21. The summed E-state index contributed by atoms with van der Waals surface area (Å²) in [6.07, 6.45) is 2.01. The molecule has 9 heteroatoms. The fourth-order valence-corrected chi connectivity index (χ4v) is 3.75. The molecule has 0 unspecified atom stereocenters. The average molecular weight is 351 g/mol. The third kappa shape index (κ3) is 3.63. The molecule has 3 rings (SSSR count). The minimum atomic E-state index is -3.47. The lowest BCUT2D eigenvalue weighted by Gasteiger charge is -2.20. The number of aromatic nitrogens is 4. The molecule has 1 N–H and O–H groups in total. The van der Waals surface area contributed by atoms with E-state index in [2.05, 4.69) is 20.1 Å². The average Bonchev–Trinajstić information content (AvgIpc) is 3.04. The highest BCUT2D eigenvalue weighted by Crippen LogP contribution is 2.22. The molecule has 130 valence electrons. The van der Waals surface area contributed by atoms with Gasteiger partial charge in [0.2, 0.25) is 15.8 Å². The first-order valence-corrected chi connectivity index (χ1v) is 9.38. The van der Waals surface area contributed by atoms with Crippen molar-refractivity contribution in [1.82, 2.24) is 24.9 Å². The first-order valence-electron chi connectivity index (χ1n) is 7.90. The Morgan fingerprint density at radius 1 is 1.33 bits per heavy atom. The zero-order valence-electron chi connectivity index (χ0n) is 13.8. The van der Waals surface area contributed by atoms with Crippen molar-refractivity contribution >= 4 is 10.0 Å². The molecule has 0 saturated carbocycles. The van der Waals surface area contributed by atoms with Crippen LogP contribution in [0.5, 0.6) is 0 Å². The number of hydrogen-bond acceptors (Lipinski definition) is 6. The maximum absolute atomic E-state index is 11.9. The molecule has 0 atom stereocenters. The predicted molar refractivity (Wildman–Crippen MR) is 87.8 cm³/mol. The number of benzene rings is 1. The molecule has 1 aliphatic heterocycles. The maximum atomic E-state index is 11.9. The van der Waals surface area contributed by atoms with Gasteiger partial charge in [-0.3, -0.25) is 0 Å². The highest BCUT2D eigenvalue weighted by atomic mass is 32.2. The molecule has 8 nitrogen and oxygen atoms in total. The Hall–Kier alpha value is -1.84. The lowest BCUT2D eigenvalue weighted by molar-refractivity contribution is 0.0586. The molecule has 1 aromatic heterocycles. The molecular formula is C15H21N5O3S. The second-order valence-corrected chi connectivity index (χ2v) is 7.77. The minimum absolute atomic E-state index is 0.253. The highest BCUT2D eigenvalue weighted by molar-refractivity contribution is 7.89. The smallest absolute Gasteiger partial charge is 0.240 e. The van der Waals surface area contributed by atoms with Crippen LogP contribution in [0.2, 0.25) is 0 Å². The summed E-state index contributed by atoms with van der Waals surface area (Å²) in [6, 6.07) is 5.03. The van der Waals surface area contributed by atoms with Crippen LogP contribution in [0.1, 0.15) is 18.4 Å². The van der Waals surface area contributed by atoms with Crippen LogP contribution in [0.4, 0.5) is 0 Å². The van der Waals surface area contributed by atoms with Gasteiger partial charge in [0.1, 0.15) is 0 Å². The summed E-state index contributed by atoms with van der Waals surface area (Å²) in [6.45, 7) is 4.04. The number of nitrogens with zero attached hydrogens (tertiary/aromatic N) is 4. The van der Waals surface area contributed by atoms with Gasteiger partial charge in [0.25, 0.3) is 0 Å². The number of sulfonamides is 1. The number of rotatable bonds is 5. The Morgan fingerprint density at radius 3 is 2.75 bits per heavy atom. The van der Waals surface area contributed by atoms with Gasteiger partial charge in [-0.15, -0.1) is 10.2 Å². The predicted octanol–water partition coefficient (Wildman–Crippen LogP) is 0.983. The Bertz CT molecular complexity index is 812. The van der Waals surface area contributed by atoms with Crippen molar-refractivity contribution in [2.24, 2.45) is 5.92 Å². The summed E-state index contributed by atoms with van der Waals surface area (Å²) in [5.74, 6) is 1.00. The third-order valence-electron chi connectivity index (χ3n) is 4.21. The first-order chi connectivity index (χ1) is 11.5. The van der Waals surface area contributed by atoms with Crippen molar-refractivity contribution in [2.75, 3.05) is 20.3 Å². The Morgan fingerprint density at radius 2 is 2.08 bits per heavy atom. The zero-order chi connectivity index (χ0) is 17.2. The topological polar surface area (TPSA) is 99.0 Å². The standard InChI is InChI=1S/C15H21N5O3S/c1-11-9-13(3-4-14(11)24(21,22)16-2)15-17-19-20(18-15)10-12-5-7-23-8-6-12/h3-4,9,12,16H,5-8,10H2,1-2H3. The molecular weight excluding hydrogens is 330 g/mol. The van der Waals surface area contributed by atoms with E-state index in [1.54, 1.807) is 29.9 Å². The van der Waals surface area contributed by atoms with Crippen molar-refractivity contribution in [3.8, 4) is 11.4 Å². The largest absolute Gasteiger partial charge is 0.381 e. The fourth-order valence-electron chi connectivity index (χ4n) is 2.80. The van der Waals surface area contributed by atoms with Gasteiger partial charge >= 0.3 is 0 Å². The van der Waals surface area contributed by atoms with Gasteiger partial charge in [0.05, 0.1) is 11.4 Å². The summed E-state index contributed by atoms with van der Waals surface area (Å²) in [5.41, 5.74) is 1.39. The number of aryl methyl sites for hydroxylation is 1. The monoisotopic (exact) mass is 351 g/mol. The number of tetrazole rings is 1. The van der Waals surface area contributed by atoms with E-state index in [9.17, 15) is 8.42 Å². The first kappa shape index (κ1) is 17.0. The van der Waals surface area contributed by atoms with Crippen molar-refractivity contribution in [3.05, 3.63) is 23.8 Å². The normalized spacial score (nSPS) is 16.4. The van der Waals surface area contributed by atoms with Crippen molar-refractivity contribution in [2.45, 2.75) is 31.2 Å². The molecule has 0 spiro atoms. The van der Waals surface area contributed by atoms with Gasteiger partial charge in [0.15, 0.2) is 0 Å². The van der Waals surface area contributed by atoms with Crippen LogP contribution in [0, 0.1) is 12.8 Å². The van der Waals surface area contributed by atoms with Crippen molar-refractivity contribution in [3.63, 3.8) is 0 Å². The molecule has 0 bridgehead atoms. The van der Waals surface area contributed by atoms with Crippen LogP contribution in [-0.2, 0) is 21.3 Å². The Balaban J connectivity index is 1.79. The molecule has 2 heterocycles. The molecule has 1 fully saturated rings. The van der Waals surface area contributed by atoms with Crippen LogP contribution >= 0.6 is 0 Å². The van der Waals surface area contributed by atoms with E-state index in [0.29, 0.717) is 17.3 Å². The van der Waals surface area contributed by atoms with Gasteiger partial charge in [0, 0.05) is 18.8 Å². The molecule has 1 aromatic carbocycles. The summed E-state index contributed by atoms with van der Waals surface area (Å²) < 4.78 is 31.5. The second kappa shape index (κ2) is 6.96. The van der Waals surface area contributed by atoms with Gasteiger partial charge in [-0.2, -0.15) is 4.80 Å². The highest BCUT2D eigenvalue weighted by Gasteiger charge is 2.18. The van der Waals surface area contributed by atoms with Crippen molar-refractivity contribution < 1.29 is 13.2 Å². The van der Waals surface area contributed by atoms with Crippen LogP contribution in [0.3, 0.4) is 0 Å². The molecule has 24 heavy (non-hydrogen) atoms. The van der Waals surface area contributed by atoms with Gasteiger partial charge in [-0.05, 0) is 61.7 Å². The molecule has 0 aliphatic carbocycles. The van der Waals surface area contributed by atoms with Crippen LogP contribution in [0.25, 0.3) is 11.4 Å². The molecule has 1 aliphatic rings. The third-order valence-corrected chi connectivity index (χ3v) is 5.78. The van der Waals surface area contributed by atoms with Crippen molar-refractivity contribution in [1.29, 1.82) is 0 Å². The summed E-state index contributed by atoms with van der Waals surface area (Å²) >= 11 is 0. The van der Waals surface area contributed by atoms with E-state index >= 15 is 0 Å². The maximum Gasteiger partial charge on any atom is 0.240 e. The lowest BCUT2D eigenvalue weighted by atomic mass is 10.0. The molecule has 0 amide bonds. The Labute approximate surface area is 141 Å². The summed E-state index contributed by atoms with van der Waals surface area (Å²) in [4.78, 5) is 1.86. The second-order valence-electron chi connectivity index (χ2n) is 5.91. The van der Waals surface area contributed by atoms with E-state index < -0.39 is 10.0 Å².